The Morgan fingerprint density at radius 3 is 2.55 bits per heavy atom. The van der Waals surface area contributed by atoms with Gasteiger partial charge >= 0.3 is 0 Å². The largest absolute Gasteiger partial charge is 0.272 e. The molecule has 1 heterocycles. The molecule has 1 aromatic heterocycles. The zero-order valence-electron chi connectivity index (χ0n) is 7.39. The van der Waals surface area contributed by atoms with Gasteiger partial charge in [-0.15, -0.1) is 0 Å². The zero-order valence-corrected chi connectivity index (χ0v) is 7.39. The number of aromatic nitrogens is 2. The SMILES string of the molecule is Cc1cc(C2(C)CC2)n(C)n1. The molecule has 1 aliphatic rings. The van der Waals surface area contributed by atoms with Gasteiger partial charge < -0.3 is 0 Å². The van der Waals surface area contributed by atoms with Gasteiger partial charge in [-0.05, 0) is 25.8 Å². The van der Waals surface area contributed by atoms with E-state index in [-0.39, 0.29) is 0 Å². The molecule has 0 aromatic carbocycles. The summed E-state index contributed by atoms with van der Waals surface area (Å²) < 4.78 is 2.02. The molecule has 0 atom stereocenters. The van der Waals surface area contributed by atoms with Crippen molar-refractivity contribution in [3.05, 3.63) is 17.5 Å². The van der Waals surface area contributed by atoms with Crippen LogP contribution in [-0.4, -0.2) is 9.78 Å². The Kier molecular flexibility index (Phi) is 1.17. The number of rotatable bonds is 1. The van der Waals surface area contributed by atoms with Crippen LogP contribution in [0, 0.1) is 6.92 Å². The predicted octanol–water partition coefficient (Wildman–Crippen LogP) is 1.78. The fraction of sp³-hybridized carbons (Fsp3) is 0.667. The molecular formula is C9H14N2. The molecule has 11 heavy (non-hydrogen) atoms. The van der Waals surface area contributed by atoms with E-state index in [4.69, 9.17) is 0 Å². The first-order chi connectivity index (χ1) is 5.12. The van der Waals surface area contributed by atoms with Gasteiger partial charge in [0.15, 0.2) is 0 Å². The van der Waals surface area contributed by atoms with E-state index in [0.717, 1.165) is 5.69 Å². The summed E-state index contributed by atoms with van der Waals surface area (Å²) >= 11 is 0. The topological polar surface area (TPSA) is 17.8 Å². The van der Waals surface area contributed by atoms with Crippen LogP contribution in [-0.2, 0) is 12.5 Å². The maximum absolute atomic E-state index is 4.33. The van der Waals surface area contributed by atoms with Crippen LogP contribution >= 0.6 is 0 Å². The minimum atomic E-state index is 0.454. The van der Waals surface area contributed by atoms with Gasteiger partial charge in [-0.1, -0.05) is 6.92 Å². The molecule has 0 bridgehead atoms. The molecule has 2 nitrogen and oxygen atoms in total. The Labute approximate surface area is 67.2 Å². The lowest BCUT2D eigenvalue weighted by Gasteiger charge is -2.06. The number of hydrogen-bond acceptors (Lipinski definition) is 1. The highest BCUT2D eigenvalue weighted by Crippen LogP contribution is 2.47. The van der Waals surface area contributed by atoms with E-state index in [0.29, 0.717) is 5.41 Å². The maximum atomic E-state index is 4.33. The highest BCUT2D eigenvalue weighted by atomic mass is 15.3. The van der Waals surface area contributed by atoms with Crippen molar-refractivity contribution in [3.8, 4) is 0 Å². The summed E-state index contributed by atoms with van der Waals surface area (Å²) in [5.41, 5.74) is 2.99. The summed E-state index contributed by atoms with van der Waals surface area (Å²) in [7, 11) is 2.03. The number of hydrogen-bond donors (Lipinski definition) is 0. The molecule has 0 spiro atoms. The average molecular weight is 150 g/mol. The number of nitrogens with zero attached hydrogens (tertiary/aromatic N) is 2. The van der Waals surface area contributed by atoms with Gasteiger partial charge in [0.05, 0.1) is 5.69 Å². The van der Waals surface area contributed by atoms with Crippen LogP contribution in [0.25, 0.3) is 0 Å². The van der Waals surface area contributed by atoms with Gasteiger partial charge in [0, 0.05) is 18.2 Å². The molecule has 0 radical (unpaired) electrons. The second-order valence-electron chi connectivity index (χ2n) is 3.86. The van der Waals surface area contributed by atoms with Crippen LogP contribution < -0.4 is 0 Å². The van der Waals surface area contributed by atoms with Gasteiger partial charge in [-0.3, -0.25) is 4.68 Å². The van der Waals surface area contributed by atoms with E-state index < -0.39 is 0 Å². The van der Waals surface area contributed by atoms with Crippen molar-refractivity contribution in [3.63, 3.8) is 0 Å². The summed E-state index contributed by atoms with van der Waals surface area (Å²) in [6.07, 6.45) is 2.65. The zero-order chi connectivity index (χ0) is 8.06. The molecule has 0 saturated heterocycles. The smallest absolute Gasteiger partial charge is 0.0596 e. The summed E-state index contributed by atoms with van der Waals surface area (Å²) in [5.74, 6) is 0. The lowest BCUT2D eigenvalue weighted by molar-refractivity contribution is 0.633. The Balaban J connectivity index is 2.44. The molecule has 1 saturated carbocycles. The van der Waals surface area contributed by atoms with Crippen LogP contribution in [0.5, 0.6) is 0 Å². The molecule has 60 valence electrons. The second kappa shape index (κ2) is 1.87. The van der Waals surface area contributed by atoms with Crippen molar-refractivity contribution in [1.82, 2.24) is 9.78 Å². The van der Waals surface area contributed by atoms with E-state index in [1.54, 1.807) is 0 Å². The first-order valence-corrected chi connectivity index (χ1v) is 4.13. The minimum absolute atomic E-state index is 0.454. The molecule has 1 aliphatic carbocycles. The maximum Gasteiger partial charge on any atom is 0.0596 e. The van der Waals surface area contributed by atoms with Gasteiger partial charge in [-0.2, -0.15) is 5.10 Å². The van der Waals surface area contributed by atoms with Crippen molar-refractivity contribution >= 4 is 0 Å². The highest BCUT2D eigenvalue weighted by Gasteiger charge is 2.41. The van der Waals surface area contributed by atoms with Crippen molar-refractivity contribution in [2.45, 2.75) is 32.1 Å². The summed E-state index contributed by atoms with van der Waals surface area (Å²) in [5, 5.41) is 4.33. The first kappa shape index (κ1) is 6.89. The van der Waals surface area contributed by atoms with Crippen LogP contribution in [0.2, 0.25) is 0 Å². The normalized spacial score (nSPS) is 20.3. The summed E-state index contributed by atoms with van der Waals surface area (Å²) in [6.45, 7) is 4.36. The highest BCUT2D eigenvalue weighted by molar-refractivity contribution is 5.24. The molecule has 0 aliphatic heterocycles. The average Bonchev–Trinajstić information content (AvgIpc) is 2.55. The van der Waals surface area contributed by atoms with E-state index >= 15 is 0 Å². The van der Waals surface area contributed by atoms with Crippen molar-refractivity contribution in [2.24, 2.45) is 7.05 Å². The van der Waals surface area contributed by atoms with Crippen LogP contribution in [0.4, 0.5) is 0 Å². The van der Waals surface area contributed by atoms with E-state index in [1.807, 2.05) is 11.7 Å². The summed E-state index contributed by atoms with van der Waals surface area (Å²) in [4.78, 5) is 0. The third kappa shape index (κ3) is 0.971. The fourth-order valence-electron chi connectivity index (χ4n) is 1.62. The first-order valence-electron chi connectivity index (χ1n) is 4.13. The molecule has 0 amide bonds. The molecule has 2 heteroatoms. The molecule has 1 fully saturated rings. The van der Waals surface area contributed by atoms with Crippen molar-refractivity contribution in [2.75, 3.05) is 0 Å². The van der Waals surface area contributed by atoms with Gasteiger partial charge in [0.1, 0.15) is 0 Å². The molecule has 1 aromatic rings. The van der Waals surface area contributed by atoms with Crippen LogP contribution in [0.1, 0.15) is 31.2 Å². The third-order valence-electron chi connectivity index (χ3n) is 2.62. The van der Waals surface area contributed by atoms with Crippen LogP contribution in [0.15, 0.2) is 6.07 Å². The van der Waals surface area contributed by atoms with Gasteiger partial charge in [-0.25, -0.2) is 0 Å². The minimum Gasteiger partial charge on any atom is -0.272 e. The Morgan fingerprint density at radius 2 is 2.18 bits per heavy atom. The Bertz CT molecular complexity index is 282. The Hall–Kier alpha value is -0.790. The number of aryl methyl sites for hydroxylation is 2. The van der Waals surface area contributed by atoms with Crippen LogP contribution in [0.3, 0.4) is 0 Å². The standard InChI is InChI=1S/C9H14N2/c1-7-6-8(11(3)10-7)9(2)4-5-9/h6H,4-5H2,1-3H3. The molecule has 2 rings (SSSR count). The monoisotopic (exact) mass is 150 g/mol. The van der Waals surface area contributed by atoms with Crippen molar-refractivity contribution in [1.29, 1.82) is 0 Å². The lowest BCUT2D eigenvalue weighted by atomic mass is 10.1. The van der Waals surface area contributed by atoms with E-state index in [9.17, 15) is 0 Å². The van der Waals surface area contributed by atoms with Gasteiger partial charge in [0.2, 0.25) is 0 Å². The quantitative estimate of drug-likeness (QED) is 0.596. The van der Waals surface area contributed by atoms with Crippen molar-refractivity contribution < 1.29 is 0 Å². The third-order valence-corrected chi connectivity index (χ3v) is 2.62. The summed E-state index contributed by atoms with van der Waals surface area (Å²) in [6, 6.07) is 2.20. The molecule has 0 N–H and O–H groups in total. The van der Waals surface area contributed by atoms with Gasteiger partial charge in [0.25, 0.3) is 0 Å². The lowest BCUT2D eigenvalue weighted by Crippen LogP contribution is -2.07. The molecular weight excluding hydrogens is 136 g/mol. The van der Waals surface area contributed by atoms with E-state index in [2.05, 4.69) is 25.0 Å². The fourth-order valence-corrected chi connectivity index (χ4v) is 1.62. The Morgan fingerprint density at radius 1 is 1.55 bits per heavy atom. The second-order valence-corrected chi connectivity index (χ2v) is 3.86. The molecule has 0 unspecified atom stereocenters. The predicted molar refractivity (Wildman–Crippen MR) is 44.5 cm³/mol. The van der Waals surface area contributed by atoms with E-state index in [1.165, 1.54) is 18.5 Å².